The Balaban J connectivity index is 1.90. The van der Waals surface area contributed by atoms with Crippen molar-refractivity contribution in [1.29, 1.82) is 0 Å². The zero-order chi connectivity index (χ0) is 17.6. The highest BCUT2D eigenvalue weighted by Gasteiger charge is 2.30. The Bertz CT molecular complexity index is 614. The summed E-state index contributed by atoms with van der Waals surface area (Å²) in [6.45, 7) is 6.09. The number of benzene rings is 1. The number of hydrogen-bond donors (Lipinski definition) is 0. The first-order chi connectivity index (χ1) is 11.4. The minimum Gasteiger partial charge on any atom is -0.476 e. The molecular weight excluding hydrogens is 317 g/mol. The van der Waals surface area contributed by atoms with E-state index in [1.54, 1.807) is 0 Å². The fourth-order valence-corrected chi connectivity index (χ4v) is 2.34. The van der Waals surface area contributed by atoms with E-state index in [0.29, 0.717) is 6.61 Å². The summed E-state index contributed by atoms with van der Waals surface area (Å²) in [4.78, 5) is 5.96. The van der Waals surface area contributed by atoms with E-state index >= 15 is 0 Å². The maximum absolute atomic E-state index is 12.5. The predicted molar refractivity (Wildman–Crippen MR) is 86.7 cm³/mol. The summed E-state index contributed by atoms with van der Waals surface area (Å²) in [5.41, 5.74) is 0.431. The molecule has 0 aliphatic carbocycles. The van der Waals surface area contributed by atoms with Crippen LogP contribution in [-0.4, -0.2) is 29.1 Å². The van der Waals surface area contributed by atoms with Crippen LogP contribution in [0.5, 0.6) is 5.88 Å². The largest absolute Gasteiger partial charge is 0.476 e. The molecule has 0 bridgehead atoms. The van der Waals surface area contributed by atoms with E-state index in [-0.39, 0.29) is 11.9 Å². The maximum atomic E-state index is 12.5. The lowest BCUT2D eigenvalue weighted by Crippen LogP contribution is -2.36. The van der Waals surface area contributed by atoms with Gasteiger partial charge in [0.25, 0.3) is 0 Å². The van der Waals surface area contributed by atoms with Gasteiger partial charge in [-0.1, -0.05) is 37.3 Å². The Kier molecular flexibility index (Phi) is 6.20. The van der Waals surface area contributed by atoms with Crippen molar-refractivity contribution in [3.8, 4) is 5.88 Å². The van der Waals surface area contributed by atoms with Crippen LogP contribution >= 0.6 is 0 Å². The van der Waals surface area contributed by atoms with E-state index in [2.05, 4.69) is 28.9 Å². The van der Waals surface area contributed by atoms with Crippen LogP contribution in [0.25, 0.3) is 0 Å². The van der Waals surface area contributed by atoms with E-state index in [9.17, 15) is 13.2 Å². The van der Waals surface area contributed by atoms with E-state index in [1.807, 2.05) is 25.1 Å². The van der Waals surface area contributed by atoms with Gasteiger partial charge in [-0.25, -0.2) is 4.98 Å². The molecule has 1 heterocycles. The summed E-state index contributed by atoms with van der Waals surface area (Å²) in [5.74, 6) is 0.200. The molecule has 0 saturated heterocycles. The second kappa shape index (κ2) is 8.15. The maximum Gasteiger partial charge on any atom is 0.417 e. The first-order valence-electron chi connectivity index (χ1n) is 7.84. The highest BCUT2D eigenvalue weighted by atomic mass is 19.4. The fourth-order valence-electron chi connectivity index (χ4n) is 2.34. The molecule has 0 radical (unpaired) electrons. The molecule has 1 aromatic heterocycles. The number of halogens is 3. The summed E-state index contributed by atoms with van der Waals surface area (Å²) in [5, 5.41) is 0. The van der Waals surface area contributed by atoms with Gasteiger partial charge >= 0.3 is 6.18 Å². The van der Waals surface area contributed by atoms with Gasteiger partial charge in [-0.2, -0.15) is 13.2 Å². The van der Waals surface area contributed by atoms with Crippen molar-refractivity contribution >= 4 is 0 Å². The number of rotatable bonds is 7. The smallest absolute Gasteiger partial charge is 0.417 e. The SMILES string of the molecule is CCN(Cc1ccccc1)[C@@H](C)COc1ccc(C(F)(F)F)cn1. The van der Waals surface area contributed by atoms with Crippen molar-refractivity contribution in [3.63, 3.8) is 0 Å². The van der Waals surface area contributed by atoms with Crippen molar-refractivity contribution < 1.29 is 17.9 Å². The number of aromatic nitrogens is 1. The minimum atomic E-state index is -4.38. The van der Waals surface area contributed by atoms with E-state index < -0.39 is 11.7 Å². The molecule has 0 spiro atoms. The average Bonchev–Trinajstić information content (AvgIpc) is 2.58. The molecule has 0 amide bonds. The molecule has 130 valence electrons. The van der Waals surface area contributed by atoms with E-state index in [1.165, 1.54) is 11.6 Å². The second-order valence-corrected chi connectivity index (χ2v) is 5.59. The Labute approximate surface area is 140 Å². The monoisotopic (exact) mass is 338 g/mol. The molecule has 0 saturated carbocycles. The molecule has 0 unspecified atom stereocenters. The lowest BCUT2D eigenvalue weighted by Gasteiger charge is -2.27. The number of likely N-dealkylation sites (N-methyl/N-ethyl adjacent to an activating group) is 1. The highest BCUT2D eigenvalue weighted by molar-refractivity contribution is 5.20. The van der Waals surface area contributed by atoms with Gasteiger partial charge in [0.15, 0.2) is 0 Å². The van der Waals surface area contributed by atoms with Crippen LogP contribution in [0.4, 0.5) is 13.2 Å². The number of alkyl halides is 3. The molecule has 24 heavy (non-hydrogen) atoms. The third kappa shape index (κ3) is 5.23. The molecule has 2 aromatic rings. The van der Waals surface area contributed by atoms with Gasteiger partial charge in [0.05, 0.1) is 5.56 Å². The third-order valence-electron chi connectivity index (χ3n) is 3.79. The predicted octanol–water partition coefficient (Wildman–Crippen LogP) is 4.39. The molecule has 6 heteroatoms. The normalized spacial score (nSPS) is 13.1. The number of nitrogens with zero attached hydrogens (tertiary/aromatic N) is 2. The first kappa shape index (κ1) is 18.3. The summed E-state index contributed by atoms with van der Waals surface area (Å²) in [7, 11) is 0. The fraction of sp³-hybridized carbons (Fsp3) is 0.389. The van der Waals surface area contributed by atoms with Crippen LogP contribution in [0, 0.1) is 0 Å². The van der Waals surface area contributed by atoms with E-state index in [4.69, 9.17) is 4.74 Å². The quantitative estimate of drug-likeness (QED) is 0.749. The standard InChI is InChI=1S/C18H21F3N2O/c1-3-23(12-15-7-5-4-6-8-15)14(2)13-24-17-10-9-16(11-22-17)18(19,20)21/h4-11,14H,3,12-13H2,1-2H3/t14-/m0/s1. The number of pyridine rings is 1. The van der Waals surface area contributed by atoms with Gasteiger partial charge < -0.3 is 4.74 Å². The molecule has 0 aliphatic heterocycles. The Morgan fingerprint density at radius 1 is 1.12 bits per heavy atom. The van der Waals surface area contributed by atoms with Crippen LogP contribution in [0.3, 0.4) is 0 Å². The van der Waals surface area contributed by atoms with Crippen molar-refractivity contribution in [2.24, 2.45) is 0 Å². The Morgan fingerprint density at radius 3 is 2.38 bits per heavy atom. The zero-order valence-electron chi connectivity index (χ0n) is 13.8. The van der Waals surface area contributed by atoms with Crippen LogP contribution in [0.1, 0.15) is 25.0 Å². The molecule has 0 fully saturated rings. The summed E-state index contributed by atoms with van der Waals surface area (Å²) in [6.07, 6.45) is -3.59. The van der Waals surface area contributed by atoms with Crippen LogP contribution in [0.2, 0.25) is 0 Å². The second-order valence-electron chi connectivity index (χ2n) is 5.59. The molecular formula is C18H21F3N2O. The van der Waals surface area contributed by atoms with Gasteiger partial charge in [-0.3, -0.25) is 4.90 Å². The van der Waals surface area contributed by atoms with E-state index in [0.717, 1.165) is 25.4 Å². The number of hydrogen-bond acceptors (Lipinski definition) is 3. The third-order valence-corrected chi connectivity index (χ3v) is 3.79. The van der Waals surface area contributed by atoms with Crippen LogP contribution in [0.15, 0.2) is 48.7 Å². The van der Waals surface area contributed by atoms with Gasteiger partial charge in [-0.05, 0) is 25.1 Å². The Morgan fingerprint density at radius 2 is 1.83 bits per heavy atom. The molecule has 2 rings (SSSR count). The van der Waals surface area contributed by atoms with Crippen LogP contribution < -0.4 is 4.74 Å². The van der Waals surface area contributed by atoms with Gasteiger partial charge in [-0.15, -0.1) is 0 Å². The van der Waals surface area contributed by atoms with Crippen molar-refractivity contribution in [2.45, 2.75) is 32.6 Å². The van der Waals surface area contributed by atoms with Gasteiger partial charge in [0.2, 0.25) is 5.88 Å². The highest BCUT2D eigenvalue weighted by Crippen LogP contribution is 2.29. The van der Waals surface area contributed by atoms with Gasteiger partial charge in [0, 0.05) is 24.8 Å². The van der Waals surface area contributed by atoms with Crippen molar-refractivity contribution in [3.05, 3.63) is 59.8 Å². The van der Waals surface area contributed by atoms with Crippen LogP contribution in [-0.2, 0) is 12.7 Å². The minimum absolute atomic E-state index is 0.110. The molecule has 1 atom stereocenters. The van der Waals surface area contributed by atoms with Gasteiger partial charge in [0.1, 0.15) is 6.61 Å². The lowest BCUT2D eigenvalue weighted by molar-refractivity contribution is -0.137. The Hall–Kier alpha value is -2.08. The van der Waals surface area contributed by atoms with Crippen molar-refractivity contribution in [2.75, 3.05) is 13.2 Å². The summed E-state index contributed by atoms with van der Waals surface area (Å²) in [6, 6.07) is 12.4. The molecule has 0 N–H and O–H groups in total. The first-order valence-corrected chi connectivity index (χ1v) is 7.84. The topological polar surface area (TPSA) is 25.4 Å². The molecule has 0 aliphatic rings. The molecule has 1 aromatic carbocycles. The average molecular weight is 338 g/mol. The zero-order valence-corrected chi connectivity index (χ0v) is 13.8. The summed E-state index contributed by atoms with van der Waals surface area (Å²) >= 11 is 0. The lowest BCUT2D eigenvalue weighted by atomic mass is 10.2. The summed E-state index contributed by atoms with van der Waals surface area (Å²) < 4.78 is 43.1. The van der Waals surface area contributed by atoms with Crippen molar-refractivity contribution in [1.82, 2.24) is 9.88 Å². The number of ether oxygens (including phenoxy) is 1. The molecule has 3 nitrogen and oxygen atoms in total.